The van der Waals surface area contributed by atoms with Crippen LogP contribution in [-0.4, -0.2) is 12.2 Å². The highest BCUT2D eigenvalue weighted by atomic mass is 19.4. The number of alkyl halides is 3. The highest BCUT2D eigenvalue weighted by Crippen LogP contribution is 2.38. The lowest BCUT2D eigenvalue weighted by Crippen LogP contribution is -2.34. The number of benzene rings is 1. The molecule has 5 heteroatoms. The van der Waals surface area contributed by atoms with Crippen molar-refractivity contribution in [3.8, 4) is 0 Å². The minimum absolute atomic E-state index is 0.0695. The van der Waals surface area contributed by atoms with Gasteiger partial charge < -0.3 is 5.32 Å². The van der Waals surface area contributed by atoms with Crippen LogP contribution >= 0.6 is 0 Å². The van der Waals surface area contributed by atoms with Gasteiger partial charge in [-0.3, -0.25) is 0 Å². The number of hydrogen-bond donors (Lipinski definition) is 1. The highest BCUT2D eigenvalue weighted by Gasteiger charge is 2.42. The Balaban J connectivity index is 1.98. The summed E-state index contributed by atoms with van der Waals surface area (Å²) in [7, 11) is 0. The largest absolute Gasteiger partial charge is 0.391 e. The van der Waals surface area contributed by atoms with E-state index in [-0.39, 0.29) is 24.7 Å². The van der Waals surface area contributed by atoms with E-state index in [4.69, 9.17) is 0 Å². The van der Waals surface area contributed by atoms with E-state index in [2.05, 4.69) is 5.32 Å². The standard InChI is InChI=1S/C13H15F4N/c14-10-4-2-6-12(8-10)18-11-5-1-3-9(7-11)13(15,16)17/h2,4,6,8-9,11,18H,1,3,5,7H2. The van der Waals surface area contributed by atoms with Crippen LogP contribution in [0.1, 0.15) is 25.7 Å². The Bertz CT molecular complexity index is 402. The van der Waals surface area contributed by atoms with Crippen molar-refractivity contribution >= 4 is 5.69 Å². The van der Waals surface area contributed by atoms with E-state index in [9.17, 15) is 17.6 Å². The molecular formula is C13H15F4N. The third kappa shape index (κ3) is 3.37. The van der Waals surface area contributed by atoms with E-state index >= 15 is 0 Å². The molecule has 0 aromatic heterocycles. The summed E-state index contributed by atoms with van der Waals surface area (Å²) in [5, 5.41) is 2.98. The number of nitrogens with one attached hydrogen (secondary N) is 1. The van der Waals surface area contributed by atoms with Crippen molar-refractivity contribution in [3.05, 3.63) is 30.1 Å². The zero-order valence-electron chi connectivity index (χ0n) is 9.80. The molecule has 2 unspecified atom stereocenters. The molecule has 0 aliphatic heterocycles. The molecule has 2 rings (SSSR count). The maximum Gasteiger partial charge on any atom is 0.391 e. The Morgan fingerprint density at radius 3 is 2.61 bits per heavy atom. The Morgan fingerprint density at radius 1 is 1.17 bits per heavy atom. The molecule has 0 bridgehead atoms. The van der Waals surface area contributed by atoms with Crippen LogP contribution in [0.4, 0.5) is 23.2 Å². The average molecular weight is 261 g/mol. The lowest BCUT2D eigenvalue weighted by Gasteiger charge is -2.31. The number of anilines is 1. The number of rotatable bonds is 2. The van der Waals surface area contributed by atoms with Gasteiger partial charge in [-0.1, -0.05) is 12.5 Å². The summed E-state index contributed by atoms with van der Waals surface area (Å²) in [5.74, 6) is -1.62. The van der Waals surface area contributed by atoms with Crippen molar-refractivity contribution < 1.29 is 17.6 Å². The van der Waals surface area contributed by atoms with Crippen LogP contribution in [0, 0.1) is 11.7 Å². The Hall–Kier alpha value is -1.26. The molecule has 1 aromatic carbocycles. The second kappa shape index (κ2) is 5.16. The summed E-state index contributed by atoms with van der Waals surface area (Å²) in [4.78, 5) is 0. The van der Waals surface area contributed by atoms with Crippen LogP contribution in [0.5, 0.6) is 0 Å². The first kappa shape index (κ1) is 13.2. The average Bonchev–Trinajstić information content (AvgIpc) is 2.28. The van der Waals surface area contributed by atoms with Crippen molar-refractivity contribution in [1.29, 1.82) is 0 Å². The summed E-state index contributed by atoms with van der Waals surface area (Å²) in [6, 6.07) is 5.59. The SMILES string of the molecule is Fc1cccc(NC2CCCC(C(F)(F)F)C2)c1. The molecule has 1 N–H and O–H groups in total. The first-order valence-corrected chi connectivity index (χ1v) is 6.04. The first-order valence-electron chi connectivity index (χ1n) is 6.04. The molecule has 1 aromatic rings. The van der Waals surface area contributed by atoms with Crippen molar-refractivity contribution in [1.82, 2.24) is 0 Å². The maximum absolute atomic E-state index is 13.0. The molecule has 1 aliphatic carbocycles. The monoisotopic (exact) mass is 261 g/mol. The summed E-state index contributed by atoms with van der Waals surface area (Å²) in [6.07, 6.45) is -2.60. The summed E-state index contributed by atoms with van der Waals surface area (Å²) in [5.41, 5.74) is 0.544. The fourth-order valence-electron chi connectivity index (χ4n) is 2.43. The van der Waals surface area contributed by atoms with Gasteiger partial charge in [-0.15, -0.1) is 0 Å². The second-order valence-corrected chi connectivity index (χ2v) is 4.76. The molecule has 0 amide bonds. The molecular weight excluding hydrogens is 246 g/mol. The van der Waals surface area contributed by atoms with Gasteiger partial charge in [-0.05, 0) is 37.5 Å². The van der Waals surface area contributed by atoms with Gasteiger partial charge in [0.15, 0.2) is 0 Å². The third-order valence-electron chi connectivity index (χ3n) is 3.33. The van der Waals surface area contributed by atoms with Gasteiger partial charge in [0.2, 0.25) is 0 Å². The van der Waals surface area contributed by atoms with Crippen molar-refractivity contribution in [2.45, 2.75) is 37.9 Å². The molecule has 0 spiro atoms. The van der Waals surface area contributed by atoms with Crippen LogP contribution < -0.4 is 5.32 Å². The van der Waals surface area contributed by atoms with Crippen molar-refractivity contribution in [2.24, 2.45) is 5.92 Å². The van der Waals surface area contributed by atoms with E-state index < -0.39 is 12.1 Å². The zero-order valence-corrected chi connectivity index (χ0v) is 9.80. The molecule has 1 fully saturated rings. The predicted octanol–water partition coefficient (Wildman–Crippen LogP) is 4.36. The van der Waals surface area contributed by atoms with Gasteiger partial charge in [-0.25, -0.2) is 4.39 Å². The van der Waals surface area contributed by atoms with Gasteiger partial charge in [0, 0.05) is 11.7 Å². The van der Waals surface area contributed by atoms with Gasteiger partial charge in [0.05, 0.1) is 5.92 Å². The molecule has 0 radical (unpaired) electrons. The Labute approximate surface area is 103 Å². The summed E-state index contributed by atoms with van der Waals surface area (Å²) < 4.78 is 50.9. The van der Waals surface area contributed by atoms with Gasteiger partial charge >= 0.3 is 6.18 Å². The fraction of sp³-hybridized carbons (Fsp3) is 0.538. The first-order chi connectivity index (χ1) is 8.45. The van der Waals surface area contributed by atoms with Crippen LogP contribution in [0.2, 0.25) is 0 Å². The minimum atomic E-state index is -4.12. The van der Waals surface area contributed by atoms with Crippen LogP contribution in [0.25, 0.3) is 0 Å². The van der Waals surface area contributed by atoms with E-state index in [1.165, 1.54) is 12.1 Å². The summed E-state index contributed by atoms with van der Waals surface area (Å²) >= 11 is 0. The van der Waals surface area contributed by atoms with Crippen LogP contribution in [0.3, 0.4) is 0 Å². The third-order valence-corrected chi connectivity index (χ3v) is 3.33. The molecule has 2 atom stereocenters. The second-order valence-electron chi connectivity index (χ2n) is 4.76. The molecule has 0 heterocycles. The molecule has 1 saturated carbocycles. The Morgan fingerprint density at radius 2 is 1.94 bits per heavy atom. The zero-order chi connectivity index (χ0) is 13.2. The van der Waals surface area contributed by atoms with Crippen molar-refractivity contribution in [3.63, 3.8) is 0 Å². The fourth-order valence-corrected chi connectivity index (χ4v) is 2.43. The topological polar surface area (TPSA) is 12.0 Å². The predicted molar refractivity (Wildman–Crippen MR) is 61.8 cm³/mol. The molecule has 0 saturated heterocycles. The molecule has 100 valence electrons. The molecule has 1 nitrogen and oxygen atoms in total. The summed E-state index contributed by atoms with van der Waals surface area (Å²) in [6.45, 7) is 0. The maximum atomic E-state index is 13.0. The Kier molecular flexibility index (Phi) is 3.78. The van der Waals surface area contributed by atoms with E-state index in [0.29, 0.717) is 18.5 Å². The smallest absolute Gasteiger partial charge is 0.382 e. The molecule has 1 aliphatic rings. The quantitative estimate of drug-likeness (QED) is 0.780. The van der Waals surface area contributed by atoms with E-state index in [1.54, 1.807) is 12.1 Å². The lowest BCUT2D eigenvalue weighted by atomic mass is 9.85. The van der Waals surface area contributed by atoms with E-state index in [1.807, 2.05) is 0 Å². The van der Waals surface area contributed by atoms with Crippen molar-refractivity contribution in [2.75, 3.05) is 5.32 Å². The minimum Gasteiger partial charge on any atom is -0.382 e. The number of halogens is 4. The lowest BCUT2D eigenvalue weighted by molar-refractivity contribution is -0.182. The highest BCUT2D eigenvalue weighted by molar-refractivity contribution is 5.44. The van der Waals surface area contributed by atoms with Gasteiger partial charge in [-0.2, -0.15) is 13.2 Å². The van der Waals surface area contributed by atoms with Gasteiger partial charge in [0.1, 0.15) is 5.82 Å². The van der Waals surface area contributed by atoms with Crippen LogP contribution in [0.15, 0.2) is 24.3 Å². The van der Waals surface area contributed by atoms with E-state index in [0.717, 1.165) is 0 Å². The molecule has 18 heavy (non-hydrogen) atoms. The van der Waals surface area contributed by atoms with Crippen LogP contribution in [-0.2, 0) is 0 Å². The number of hydrogen-bond acceptors (Lipinski definition) is 1. The van der Waals surface area contributed by atoms with Gasteiger partial charge in [0.25, 0.3) is 0 Å². The normalized spacial score (nSPS) is 24.9.